The highest BCUT2D eigenvalue weighted by Crippen LogP contribution is 2.09. The van der Waals surface area contributed by atoms with Crippen LogP contribution in [0.5, 0.6) is 0 Å². The molecule has 0 unspecified atom stereocenters. The maximum atomic E-state index is 13.3. The van der Waals surface area contributed by atoms with Crippen molar-refractivity contribution in [3.63, 3.8) is 0 Å². The fourth-order valence-corrected chi connectivity index (χ4v) is 1.41. The Hall–Kier alpha value is -2.44. The number of benzene rings is 1. The lowest BCUT2D eigenvalue weighted by molar-refractivity contribution is 0.0946. The molecule has 7 heteroatoms. The third kappa shape index (κ3) is 2.62. The second kappa shape index (κ2) is 4.82. The summed E-state index contributed by atoms with van der Waals surface area (Å²) in [7, 11) is 0. The monoisotopic (exact) mass is 253 g/mol. The van der Waals surface area contributed by atoms with Crippen LogP contribution in [0.25, 0.3) is 0 Å². The summed E-state index contributed by atoms with van der Waals surface area (Å²) in [5.41, 5.74) is -0.127. The molecule has 1 heterocycles. The van der Waals surface area contributed by atoms with Gasteiger partial charge in [-0.05, 0) is 12.1 Å². The number of hydrogen-bond donors (Lipinski definition) is 3. The normalized spacial score (nSPS) is 10.3. The van der Waals surface area contributed by atoms with Gasteiger partial charge in [0.05, 0.1) is 17.8 Å². The topological polar surface area (TPSA) is 77.8 Å². The highest BCUT2D eigenvalue weighted by molar-refractivity contribution is 5.94. The van der Waals surface area contributed by atoms with Gasteiger partial charge in [-0.3, -0.25) is 14.7 Å². The molecule has 0 saturated carbocycles. The summed E-state index contributed by atoms with van der Waals surface area (Å²) < 4.78 is 25.9. The fourth-order valence-electron chi connectivity index (χ4n) is 1.41. The number of halogens is 2. The standard InChI is InChI=1S/C11H9F2N3O2/c12-6-1-2-8(9(13)3-6)11(18)14-5-7-4-10(17)16-15-7/h1-4H,5H2,(H,14,18)(H2,15,16,17). The minimum Gasteiger partial charge on any atom is -0.346 e. The number of H-pyrrole nitrogens is 2. The maximum Gasteiger partial charge on any atom is 0.264 e. The molecule has 5 nitrogen and oxygen atoms in total. The van der Waals surface area contributed by atoms with Crippen molar-refractivity contribution in [3.8, 4) is 0 Å². The number of amides is 1. The summed E-state index contributed by atoms with van der Waals surface area (Å²) in [5.74, 6) is -2.37. The van der Waals surface area contributed by atoms with E-state index in [-0.39, 0.29) is 17.7 Å². The van der Waals surface area contributed by atoms with E-state index >= 15 is 0 Å². The smallest absolute Gasteiger partial charge is 0.264 e. The number of nitrogens with one attached hydrogen (secondary N) is 3. The molecule has 1 aromatic carbocycles. The predicted octanol–water partition coefficient (Wildman–Crippen LogP) is 0.911. The summed E-state index contributed by atoms with van der Waals surface area (Å²) in [6, 6.07) is 3.95. The first-order chi connectivity index (χ1) is 8.56. The first-order valence-corrected chi connectivity index (χ1v) is 5.06. The van der Waals surface area contributed by atoms with Gasteiger partial charge < -0.3 is 10.4 Å². The van der Waals surface area contributed by atoms with E-state index in [4.69, 9.17) is 0 Å². The molecule has 1 aromatic heterocycles. The molecule has 2 rings (SSSR count). The molecule has 0 radical (unpaired) electrons. The lowest BCUT2D eigenvalue weighted by Gasteiger charge is -2.04. The lowest BCUT2D eigenvalue weighted by Crippen LogP contribution is -2.24. The molecule has 0 saturated heterocycles. The Bertz CT molecular complexity index is 633. The van der Waals surface area contributed by atoms with Crippen LogP contribution < -0.4 is 10.9 Å². The fraction of sp³-hybridized carbons (Fsp3) is 0.0909. The molecule has 0 aliphatic carbocycles. The molecule has 0 spiro atoms. The van der Waals surface area contributed by atoms with Crippen LogP contribution in [0.1, 0.15) is 16.1 Å². The summed E-state index contributed by atoms with van der Waals surface area (Å²) in [6.07, 6.45) is 0. The van der Waals surface area contributed by atoms with E-state index in [1.807, 2.05) is 0 Å². The summed E-state index contributed by atoms with van der Waals surface area (Å²) in [4.78, 5) is 22.4. The van der Waals surface area contributed by atoms with Gasteiger partial charge >= 0.3 is 0 Å². The molecule has 0 fully saturated rings. The van der Waals surface area contributed by atoms with Gasteiger partial charge in [0.15, 0.2) is 0 Å². The minimum atomic E-state index is -0.935. The highest BCUT2D eigenvalue weighted by atomic mass is 19.1. The number of aromatic amines is 2. The van der Waals surface area contributed by atoms with Gasteiger partial charge in [-0.2, -0.15) is 0 Å². The van der Waals surface area contributed by atoms with Crippen molar-refractivity contribution in [3.05, 3.63) is 57.5 Å². The predicted molar refractivity (Wildman–Crippen MR) is 58.9 cm³/mol. The third-order valence-corrected chi connectivity index (χ3v) is 2.27. The Morgan fingerprint density at radius 2 is 2.00 bits per heavy atom. The van der Waals surface area contributed by atoms with E-state index in [9.17, 15) is 18.4 Å². The third-order valence-electron chi connectivity index (χ3n) is 2.27. The zero-order valence-corrected chi connectivity index (χ0v) is 9.09. The average molecular weight is 253 g/mol. The van der Waals surface area contributed by atoms with Gasteiger partial charge in [-0.25, -0.2) is 8.78 Å². The zero-order chi connectivity index (χ0) is 13.1. The van der Waals surface area contributed by atoms with Crippen molar-refractivity contribution in [2.75, 3.05) is 0 Å². The van der Waals surface area contributed by atoms with Gasteiger partial charge in [0.25, 0.3) is 11.5 Å². The van der Waals surface area contributed by atoms with E-state index < -0.39 is 17.5 Å². The summed E-state index contributed by atoms with van der Waals surface area (Å²) in [5, 5.41) is 7.22. The molecule has 2 aromatic rings. The number of hydrogen-bond acceptors (Lipinski definition) is 2. The number of rotatable bonds is 3. The van der Waals surface area contributed by atoms with Gasteiger partial charge in [0.1, 0.15) is 11.6 Å². The van der Waals surface area contributed by atoms with Crippen molar-refractivity contribution in [2.24, 2.45) is 0 Å². The molecule has 94 valence electrons. The summed E-state index contributed by atoms with van der Waals surface area (Å²) in [6.45, 7) is 0.0361. The molecular weight excluding hydrogens is 244 g/mol. The van der Waals surface area contributed by atoms with E-state index in [2.05, 4.69) is 15.5 Å². The van der Waals surface area contributed by atoms with E-state index in [1.54, 1.807) is 0 Å². The molecule has 0 atom stereocenters. The van der Waals surface area contributed by atoms with Gasteiger partial charge in [-0.1, -0.05) is 0 Å². The Balaban J connectivity index is 2.06. The van der Waals surface area contributed by atoms with Crippen molar-refractivity contribution in [2.45, 2.75) is 6.54 Å². The molecule has 3 N–H and O–H groups in total. The minimum absolute atomic E-state index is 0.0361. The van der Waals surface area contributed by atoms with Crippen LogP contribution in [0, 0.1) is 11.6 Å². The van der Waals surface area contributed by atoms with Crippen LogP contribution in [0.2, 0.25) is 0 Å². The lowest BCUT2D eigenvalue weighted by atomic mass is 10.2. The Labute approximate surface area is 99.8 Å². The first kappa shape index (κ1) is 12.0. The van der Waals surface area contributed by atoms with Crippen molar-refractivity contribution >= 4 is 5.91 Å². The van der Waals surface area contributed by atoms with E-state index in [0.717, 1.165) is 12.1 Å². The van der Waals surface area contributed by atoms with Crippen molar-refractivity contribution in [1.82, 2.24) is 15.5 Å². The van der Waals surface area contributed by atoms with Gasteiger partial charge in [0, 0.05) is 12.1 Å². The molecule has 18 heavy (non-hydrogen) atoms. The van der Waals surface area contributed by atoms with Crippen molar-refractivity contribution in [1.29, 1.82) is 0 Å². The number of carbonyl (C=O) groups excluding carboxylic acids is 1. The van der Waals surface area contributed by atoms with Crippen LogP contribution in [0.3, 0.4) is 0 Å². The first-order valence-electron chi connectivity index (χ1n) is 5.06. The molecule has 1 amide bonds. The molecule has 0 aliphatic rings. The summed E-state index contributed by atoms with van der Waals surface area (Å²) >= 11 is 0. The Morgan fingerprint density at radius 3 is 2.61 bits per heavy atom. The molecular formula is C11H9F2N3O2. The Kier molecular flexibility index (Phi) is 3.22. The highest BCUT2D eigenvalue weighted by Gasteiger charge is 2.12. The van der Waals surface area contributed by atoms with E-state index in [1.165, 1.54) is 6.07 Å². The number of aromatic nitrogens is 2. The quantitative estimate of drug-likeness (QED) is 0.760. The average Bonchev–Trinajstić information content (AvgIpc) is 2.72. The number of carbonyl (C=O) groups is 1. The van der Waals surface area contributed by atoms with Gasteiger partial charge in [-0.15, -0.1) is 0 Å². The van der Waals surface area contributed by atoms with E-state index in [0.29, 0.717) is 11.8 Å². The van der Waals surface area contributed by atoms with Crippen molar-refractivity contribution < 1.29 is 13.6 Å². The van der Waals surface area contributed by atoms with Crippen LogP contribution >= 0.6 is 0 Å². The molecule has 0 bridgehead atoms. The maximum absolute atomic E-state index is 13.3. The zero-order valence-electron chi connectivity index (χ0n) is 9.09. The van der Waals surface area contributed by atoms with Crippen LogP contribution in [-0.2, 0) is 6.54 Å². The second-order valence-electron chi connectivity index (χ2n) is 3.59. The van der Waals surface area contributed by atoms with Gasteiger partial charge in [0.2, 0.25) is 0 Å². The Morgan fingerprint density at radius 1 is 1.22 bits per heavy atom. The molecule has 0 aliphatic heterocycles. The van der Waals surface area contributed by atoms with Crippen LogP contribution in [0.4, 0.5) is 8.78 Å². The second-order valence-corrected chi connectivity index (χ2v) is 3.59. The van der Waals surface area contributed by atoms with Crippen LogP contribution in [-0.4, -0.2) is 16.1 Å². The van der Waals surface area contributed by atoms with Crippen LogP contribution in [0.15, 0.2) is 29.1 Å². The SMILES string of the molecule is O=C(NCc1cc(=O)[nH][nH]1)c1ccc(F)cc1F. The largest absolute Gasteiger partial charge is 0.346 e.